The van der Waals surface area contributed by atoms with Gasteiger partial charge < -0.3 is 10.1 Å². The third-order valence-electron chi connectivity index (χ3n) is 2.17. The van der Waals surface area contributed by atoms with E-state index in [9.17, 15) is 4.79 Å². The van der Waals surface area contributed by atoms with E-state index in [1.807, 2.05) is 0 Å². The zero-order chi connectivity index (χ0) is 13.7. The summed E-state index contributed by atoms with van der Waals surface area (Å²) in [5, 5.41) is 9.79. The van der Waals surface area contributed by atoms with E-state index in [4.69, 9.17) is 27.9 Å². The van der Waals surface area contributed by atoms with E-state index in [2.05, 4.69) is 20.5 Å². The third-order valence-corrected chi connectivity index (χ3v) is 2.72. The van der Waals surface area contributed by atoms with Crippen LogP contribution in [0.3, 0.4) is 0 Å². The van der Waals surface area contributed by atoms with Crippen LogP contribution in [0.4, 0.5) is 0 Å². The molecule has 1 aromatic carbocycles. The van der Waals surface area contributed by atoms with Gasteiger partial charge in [-0.2, -0.15) is 5.10 Å². The van der Waals surface area contributed by atoms with Crippen LogP contribution in [0.25, 0.3) is 0 Å². The highest BCUT2D eigenvalue weighted by atomic mass is 35.5. The molecule has 0 unspecified atom stereocenters. The van der Waals surface area contributed by atoms with Crippen molar-refractivity contribution < 1.29 is 9.53 Å². The molecule has 0 bridgehead atoms. The van der Waals surface area contributed by atoms with E-state index >= 15 is 0 Å². The van der Waals surface area contributed by atoms with Crippen molar-refractivity contribution in [2.75, 3.05) is 6.61 Å². The number of nitrogens with one attached hydrogen (secondary N) is 2. The number of benzene rings is 1. The van der Waals surface area contributed by atoms with Gasteiger partial charge in [0, 0.05) is 11.1 Å². The van der Waals surface area contributed by atoms with Crippen molar-refractivity contribution in [3.05, 3.63) is 40.4 Å². The number of hydrogen-bond acceptors (Lipinski definition) is 4. The van der Waals surface area contributed by atoms with Crippen LogP contribution in [-0.2, 0) is 11.3 Å². The fourth-order valence-corrected chi connectivity index (χ4v) is 1.61. The quantitative estimate of drug-likeness (QED) is 0.882. The minimum atomic E-state index is -0.299. The van der Waals surface area contributed by atoms with Crippen molar-refractivity contribution in [2.24, 2.45) is 0 Å². The third kappa shape index (κ3) is 4.11. The lowest BCUT2D eigenvalue weighted by Crippen LogP contribution is -2.28. The number of aromatic amines is 1. The molecule has 100 valence electrons. The second kappa shape index (κ2) is 6.40. The Morgan fingerprint density at radius 2 is 2.26 bits per heavy atom. The van der Waals surface area contributed by atoms with Crippen LogP contribution in [0.5, 0.6) is 5.75 Å². The van der Waals surface area contributed by atoms with Gasteiger partial charge in [0.2, 0.25) is 0 Å². The van der Waals surface area contributed by atoms with Crippen molar-refractivity contribution in [1.82, 2.24) is 20.5 Å². The fourth-order valence-electron chi connectivity index (χ4n) is 1.28. The van der Waals surface area contributed by atoms with Gasteiger partial charge in [-0.3, -0.25) is 9.89 Å². The maximum absolute atomic E-state index is 11.5. The highest BCUT2D eigenvalue weighted by molar-refractivity contribution is 6.34. The predicted octanol–water partition coefficient (Wildman–Crippen LogP) is 1.81. The highest BCUT2D eigenvalue weighted by Crippen LogP contribution is 2.27. The van der Waals surface area contributed by atoms with Gasteiger partial charge in [-0.15, -0.1) is 0 Å². The van der Waals surface area contributed by atoms with Crippen molar-refractivity contribution in [2.45, 2.75) is 6.54 Å². The summed E-state index contributed by atoms with van der Waals surface area (Å²) >= 11 is 11.7. The summed E-state index contributed by atoms with van der Waals surface area (Å²) in [6, 6.07) is 4.79. The first-order chi connectivity index (χ1) is 9.15. The fraction of sp³-hybridized carbons (Fsp3) is 0.182. The second-order valence-electron chi connectivity index (χ2n) is 3.57. The van der Waals surface area contributed by atoms with Crippen LogP contribution in [-0.4, -0.2) is 27.7 Å². The molecule has 19 heavy (non-hydrogen) atoms. The van der Waals surface area contributed by atoms with E-state index in [1.165, 1.54) is 6.33 Å². The molecule has 2 aromatic rings. The molecule has 0 fully saturated rings. The lowest BCUT2D eigenvalue weighted by molar-refractivity contribution is -0.123. The van der Waals surface area contributed by atoms with Crippen LogP contribution >= 0.6 is 23.2 Å². The molecule has 0 saturated carbocycles. The largest absolute Gasteiger partial charge is 0.482 e. The Hall–Kier alpha value is -1.79. The molecule has 1 amide bonds. The normalized spacial score (nSPS) is 10.2. The number of H-pyrrole nitrogens is 1. The molecule has 0 atom stereocenters. The van der Waals surface area contributed by atoms with Crippen LogP contribution < -0.4 is 10.1 Å². The number of nitrogens with zero attached hydrogens (tertiary/aromatic N) is 2. The summed E-state index contributed by atoms with van der Waals surface area (Å²) in [6.07, 6.45) is 1.36. The van der Waals surface area contributed by atoms with E-state index in [-0.39, 0.29) is 19.1 Å². The first-order valence-electron chi connectivity index (χ1n) is 5.34. The molecular formula is C11H10Cl2N4O2. The van der Waals surface area contributed by atoms with Crippen LogP contribution in [0, 0.1) is 0 Å². The van der Waals surface area contributed by atoms with E-state index in [0.29, 0.717) is 21.6 Å². The lowest BCUT2D eigenvalue weighted by Gasteiger charge is -2.08. The average Bonchev–Trinajstić information content (AvgIpc) is 2.90. The van der Waals surface area contributed by atoms with Gasteiger partial charge in [0.15, 0.2) is 6.61 Å². The van der Waals surface area contributed by atoms with Crippen LogP contribution in [0.1, 0.15) is 5.82 Å². The first-order valence-corrected chi connectivity index (χ1v) is 6.09. The molecule has 2 rings (SSSR count). The molecule has 0 aliphatic rings. The molecular weight excluding hydrogens is 291 g/mol. The molecule has 8 heteroatoms. The maximum atomic E-state index is 11.5. The van der Waals surface area contributed by atoms with Gasteiger partial charge in [0.25, 0.3) is 5.91 Å². The Morgan fingerprint density at radius 1 is 1.42 bits per heavy atom. The zero-order valence-corrected chi connectivity index (χ0v) is 11.2. The number of hydrogen-bond donors (Lipinski definition) is 2. The first kappa shape index (κ1) is 13.6. The molecule has 0 aliphatic heterocycles. The Balaban J connectivity index is 1.81. The minimum Gasteiger partial charge on any atom is -0.482 e. The zero-order valence-electron chi connectivity index (χ0n) is 9.69. The Morgan fingerprint density at radius 3 is 3.00 bits per heavy atom. The van der Waals surface area contributed by atoms with Crippen molar-refractivity contribution >= 4 is 29.1 Å². The van der Waals surface area contributed by atoms with Crippen molar-refractivity contribution in [3.63, 3.8) is 0 Å². The molecule has 0 saturated heterocycles. The number of amides is 1. The number of carbonyl (C=O) groups is 1. The molecule has 0 spiro atoms. The topological polar surface area (TPSA) is 79.9 Å². The Labute approximate surface area is 119 Å². The summed E-state index contributed by atoms with van der Waals surface area (Å²) in [5.74, 6) is 0.630. The average molecular weight is 301 g/mol. The SMILES string of the molecule is O=C(COc1cc(Cl)ccc1Cl)NCc1ncn[nH]1. The summed E-state index contributed by atoms with van der Waals surface area (Å²) in [7, 11) is 0. The van der Waals surface area contributed by atoms with Crippen LogP contribution in [0.15, 0.2) is 24.5 Å². The molecule has 6 nitrogen and oxygen atoms in total. The summed E-state index contributed by atoms with van der Waals surface area (Å²) < 4.78 is 5.27. The maximum Gasteiger partial charge on any atom is 0.258 e. The summed E-state index contributed by atoms with van der Waals surface area (Å²) in [5.41, 5.74) is 0. The van der Waals surface area contributed by atoms with E-state index in [0.717, 1.165) is 0 Å². The molecule has 1 heterocycles. The number of carbonyl (C=O) groups excluding carboxylic acids is 1. The highest BCUT2D eigenvalue weighted by Gasteiger charge is 2.07. The Bertz CT molecular complexity index is 560. The van der Waals surface area contributed by atoms with Gasteiger partial charge in [0.1, 0.15) is 17.9 Å². The van der Waals surface area contributed by atoms with Crippen molar-refractivity contribution in [1.29, 1.82) is 0 Å². The smallest absolute Gasteiger partial charge is 0.258 e. The van der Waals surface area contributed by atoms with Gasteiger partial charge in [0.05, 0.1) is 11.6 Å². The monoisotopic (exact) mass is 300 g/mol. The van der Waals surface area contributed by atoms with Gasteiger partial charge in [-0.05, 0) is 12.1 Å². The summed E-state index contributed by atoms with van der Waals surface area (Å²) in [6.45, 7) is 0.0969. The minimum absolute atomic E-state index is 0.159. The molecule has 0 radical (unpaired) electrons. The molecule has 1 aromatic heterocycles. The van der Waals surface area contributed by atoms with E-state index in [1.54, 1.807) is 18.2 Å². The number of rotatable bonds is 5. The predicted molar refractivity (Wildman–Crippen MR) is 70.2 cm³/mol. The van der Waals surface area contributed by atoms with Crippen LogP contribution in [0.2, 0.25) is 10.0 Å². The molecule has 2 N–H and O–H groups in total. The summed E-state index contributed by atoms with van der Waals surface area (Å²) in [4.78, 5) is 15.4. The standard InChI is InChI=1S/C11H10Cl2N4O2/c12-7-1-2-8(13)9(3-7)19-5-11(18)14-4-10-15-6-16-17-10/h1-3,6H,4-5H2,(H,14,18)(H,15,16,17). The number of halogens is 2. The van der Waals surface area contributed by atoms with Gasteiger partial charge in [-0.1, -0.05) is 23.2 Å². The van der Waals surface area contributed by atoms with Gasteiger partial charge in [-0.25, -0.2) is 4.98 Å². The molecule has 0 aliphatic carbocycles. The van der Waals surface area contributed by atoms with E-state index < -0.39 is 0 Å². The Kier molecular flexibility index (Phi) is 4.59. The van der Waals surface area contributed by atoms with Gasteiger partial charge >= 0.3 is 0 Å². The van der Waals surface area contributed by atoms with Crippen molar-refractivity contribution in [3.8, 4) is 5.75 Å². The lowest BCUT2D eigenvalue weighted by atomic mass is 10.3. The second-order valence-corrected chi connectivity index (χ2v) is 4.42. The number of ether oxygens (including phenoxy) is 1. The number of aromatic nitrogens is 3.